The van der Waals surface area contributed by atoms with Gasteiger partial charge < -0.3 is 4.57 Å². The van der Waals surface area contributed by atoms with Crippen molar-refractivity contribution in [2.45, 2.75) is 38.1 Å². The maximum Gasteiger partial charge on any atom is 0.0521 e. The zero-order chi connectivity index (χ0) is 11.8. The average Bonchev–Trinajstić information content (AvgIpc) is 2.71. The molecule has 1 nitrogen and oxygen atoms in total. The van der Waals surface area contributed by atoms with Crippen LogP contribution >= 0.6 is 0 Å². The van der Waals surface area contributed by atoms with Crippen molar-refractivity contribution in [3.05, 3.63) is 47.7 Å². The first-order valence-electron chi connectivity index (χ1n) is 6.36. The van der Waals surface area contributed by atoms with E-state index in [4.69, 9.17) is 0 Å². The number of hydrogen-bond acceptors (Lipinski definition) is 0. The fourth-order valence-electron chi connectivity index (χ4n) is 3.86. The average molecular weight is 223 g/mol. The number of aromatic nitrogens is 1. The molecule has 17 heavy (non-hydrogen) atoms. The van der Waals surface area contributed by atoms with Gasteiger partial charge in [0.2, 0.25) is 0 Å². The van der Waals surface area contributed by atoms with Crippen molar-refractivity contribution >= 4 is 0 Å². The van der Waals surface area contributed by atoms with Gasteiger partial charge in [-0.25, -0.2) is 0 Å². The van der Waals surface area contributed by atoms with Crippen LogP contribution in [0.2, 0.25) is 0 Å². The Morgan fingerprint density at radius 3 is 2.76 bits per heavy atom. The molecule has 86 valence electrons. The van der Waals surface area contributed by atoms with Crippen LogP contribution in [0.5, 0.6) is 0 Å². The van der Waals surface area contributed by atoms with Crippen LogP contribution in [0, 0.1) is 6.92 Å². The van der Waals surface area contributed by atoms with Crippen molar-refractivity contribution in [1.29, 1.82) is 0 Å². The van der Waals surface area contributed by atoms with Gasteiger partial charge in [0.1, 0.15) is 0 Å². The van der Waals surface area contributed by atoms with Gasteiger partial charge in [0.05, 0.1) is 5.54 Å². The molecule has 1 aliphatic heterocycles. The van der Waals surface area contributed by atoms with E-state index in [0.717, 1.165) is 0 Å². The summed E-state index contributed by atoms with van der Waals surface area (Å²) in [7, 11) is 0. The Morgan fingerprint density at radius 2 is 1.94 bits per heavy atom. The minimum atomic E-state index is 0.298. The van der Waals surface area contributed by atoms with Crippen molar-refractivity contribution in [3.8, 4) is 11.3 Å². The molecule has 1 heteroatoms. The van der Waals surface area contributed by atoms with E-state index in [9.17, 15) is 0 Å². The van der Waals surface area contributed by atoms with Gasteiger partial charge in [-0.15, -0.1) is 0 Å². The topological polar surface area (TPSA) is 4.93 Å². The lowest BCUT2D eigenvalue weighted by Gasteiger charge is -2.32. The predicted octanol–water partition coefficient (Wildman–Crippen LogP) is 3.85. The molecule has 1 fully saturated rings. The predicted molar refractivity (Wildman–Crippen MR) is 70.2 cm³/mol. The summed E-state index contributed by atoms with van der Waals surface area (Å²) in [4.78, 5) is 0. The highest BCUT2D eigenvalue weighted by Crippen LogP contribution is 2.67. The van der Waals surface area contributed by atoms with E-state index >= 15 is 0 Å². The zero-order valence-corrected chi connectivity index (χ0v) is 10.6. The number of nitrogens with zero attached hydrogens (tertiary/aromatic N) is 1. The first kappa shape index (κ1) is 9.52. The van der Waals surface area contributed by atoms with E-state index in [0.29, 0.717) is 11.0 Å². The third kappa shape index (κ3) is 0.854. The van der Waals surface area contributed by atoms with Gasteiger partial charge in [-0.05, 0) is 43.5 Å². The van der Waals surface area contributed by atoms with Crippen LogP contribution in [0.15, 0.2) is 36.5 Å². The largest absolute Gasteiger partial charge is 0.341 e. The second-order valence-electron chi connectivity index (χ2n) is 6.04. The van der Waals surface area contributed by atoms with E-state index in [-0.39, 0.29) is 0 Å². The Bertz CT molecular complexity index is 637. The second-order valence-corrected chi connectivity index (χ2v) is 6.04. The SMILES string of the molecule is Cc1cccc2c1-c1cccn1C1(C)CC21C. The Kier molecular flexibility index (Phi) is 1.40. The Morgan fingerprint density at radius 1 is 1.12 bits per heavy atom. The van der Waals surface area contributed by atoms with Gasteiger partial charge in [0.25, 0.3) is 0 Å². The van der Waals surface area contributed by atoms with E-state index in [1.807, 2.05) is 0 Å². The zero-order valence-electron chi connectivity index (χ0n) is 10.6. The molecule has 2 aliphatic rings. The number of hydrogen-bond donors (Lipinski definition) is 0. The molecule has 2 unspecified atom stereocenters. The Hall–Kier alpha value is -1.50. The van der Waals surface area contributed by atoms with Crippen LogP contribution in [0.4, 0.5) is 0 Å². The van der Waals surface area contributed by atoms with Gasteiger partial charge in [0.15, 0.2) is 0 Å². The third-order valence-corrected chi connectivity index (χ3v) is 5.17. The molecule has 1 aromatic carbocycles. The lowest BCUT2D eigenvalue weighted by molar-refractivity contribution is 0.449. The quantitative estimate of drug-likeness (QED) is 0.639. The van der Waals surface area contributed by atoms with Gasteiger partial charge in [-0.3, -0.25) is 0 Å². The standard InChI is InChI=1S/C16H17N/c1-11-6-4-7-12-14(11)13-8-5-9-17(13)16(3)10-15(12,16)2/h4-9H,10H2,1-3H3. The molecule has 0 radical (unpaired) electrons. The van der Waals surface area contributed by atoms with Crippen molar-refractivity contribution in [2.24, 2.45) is 0 Å². The summed E-state index contributed by atoms with van der Waals surface area (Å²) in [6.45, 7) is 7.03. The summed E-state index contributed by atoms with van der Waals surface area (Å²) in [5.41, 5.74) is 6.45. The van der Waals surface area contributed by atoms with Gasteiger partial charge in [-0.1, -0.05) is 25.1 Å². The number of fused-ring (bicyclic) bond motifs is 6. The minimum Gasteiger partial charge on any atom is -0.341 e. The maximum atomic E-state index is 2.49. The van der Waals surface area contributed by atoms with Crippen molar-refractivity contribution in [3.63, 3.8) is 0 Å². The monoisotopic (exact) mass is 223 g/mol. The van der Waals surface area contributed by atoms with Crippen LogP contribution in [-0.4, -0.2) is 4.57 Å². The highest BCUT2D eigenvalue weighted by molar-refractivity contribution is 5.75. The maximum absolute atomic E-state index is 2.49. The minimum absolute atomic E-state index is 0.298. The van der Waals surface area contributed by atoms with Crippen molar-refractivity contribution < 1.29 is 0 Å². The molecular weight excluding hydrogens is 206 g/mol. The summed E-state index contributed by atoms with van der Waals surface area (Å²) >= 11 is 0. The molecule has 1 saturated carbocycles. The molecule has 2 atom stereocenters. The van der Waals surface area contributed by atoms with Crippen LogP contribution in [-0.2, 0) is 11.0 Å². The van der Waals surface area contributed by atoms with Crippen LogP contribution in [0.1, 0.15) is 31.4 Å². The fraction of sp³-hybridized carbons (Fsp3) is 0.375. The van der Waals surface area contributed by atoms with E-state index in [1.165, 1.54) is 23.2 Å². The summed E-state index contributed by atoms with van der Waals surface area (Å²) in [6.07, 6.45) is 3.51. The van der Waals surface area contributed by atoms with Crippen LogP contribution in [0.3, 0.4) is 0 Å². The molecule has 4 rings (SSSR count). The Labute approximate surface area is 102 Å². The summed E-state index contributed by atoms with van der Waals surface area (Å²) in [5, 5.41) is 0. The molecule has 1 aliphatic carbocycles. The van der Waals surface area contributed by atoms with Crippen molar-refractivity contribution in [2.75, 3.05) is 0 Å². The first-order chi connectivity index (χ1) is 8.08. The molecule has 0 bridgehead atoms. The van der Waals surface area contributed by atoms with Gasteiger partial charge in [-0.2, -0.15) is 0 Å². The highest BCUT2D eigenvalue weighted by atomic mass is 15.1. The summed E-state index contributed by atoms with van der Waals surface area (Å²) in [5.74, 6) is 0. The molecule has 0 amide bonds. The second kappa shape index (κ2) is 2.50. The Balaban J connectivity index is 2.16. The van der Waals surface area contributed by atoms with Crippen LogP contribution < -0.4 is 0 Å². The number of benzene rings is 1. The molecular formula is C16H17N. The first-order valence-corrected chi connectivity index (χ1v) is 6.36. The lowest BCUT2D eigenvalue weighted by Crippen LogP contribution is -2.28. The summed E-state index contributed by atoms with van der Waals surface area (Å²) in [6, 6.07) is 11.2. The number of rotatable bonds is 0. The van der Waals surface area contributed by atoms with Crippen LogP contribution in [0.25, 0.3) is 11.3 Å². The molecule has 1 aromatic heterocycles. The summed E-state index contributed by atoms with van der Waals surface area (Å²) < 4.78 is 2.49. The smallest absolute Gasteiger partial charge is 0.0521 e. The van der Waals surface area contributed by atoms with E-state index in [2.05, 4.69) is 61.9 Å². The molecule has 0 saturated heterocycles. The molecule has 2 heterocycles. The van der Waals surface area contributed by atoms with Gasteiger partial charge >= 0.3 is 0 Å². The lowest BCUT2D eigenvalue weighted by atomic mass is 9.83. The van der Waals surface area contributed by atoms with Gasteiger partial charge in [0, 0.05) is 22.9 Å². The molecule has 2 aromatic rings. The number of aryl methyl sites for hydroxylation is 1. The third-order valence-electron chi connectivity index (χ3n) is 5.17. The normalized spacial score (nSPS) is 32.6. The van der Waals surface area contributed by atoms with Crippen molar-refractivity contribution in [1.82, 2.24) is 4.57 Å². The molecule has 0 N–H and O–H groups in total. The fourth-order valence-corrected chi connectivity index (χ4v) is 3.86. The van der Waals surface area contributed by atoms with E-state index < -0.39 is 0 Å². The highest BCUT2D eigenvalue weighted by Gasteiger charge is 2.66. The molecule has 0 spiro atoms. The van der Waals surface area contributed by atoms with E-state index in [1.54, 1.807) is 5.56 Å².